The van der Waals surface area contributed by atoms with Crippen LogP contribution < -0.4 is 10.6 Å². The molecule has 2 aromatic heterocycles. The van der Waals surface area contributed by atoms with Crippen molar-refractivity contribution in [3.05, 3.63) is 53.5 Å². The van der Waals surface area contributed by atoms with E-state index in [1.54, 1.807) is 24.5 Å². The summed E-state index contributed by atoms with van der Waals surface area (Å²) < 4.78 is 5.97. The molecule has 7 nitrogen and oxygen atoms in total. The van der Waals surface area contributed by atoms with Crippen molar-refractivity contribution in [2.45, 2.75) is 23.7 Å². The minimum absolute atomic E-state index is 0.00496. The van der Waals surface area contributed by atoms with E-state index in [-0.39, 0.29) is 23.4 Å². The number of benzene rings is 1. The second-order valence-corrected chi connectivity index (χ2v) is 8.23. The molecule has 0 bridgehead atoms. The lowest BCUT2D eigenvalue weighted by Crippen LogP contribution is -2.08. The quantitative estimate of drug-likeness (QED) is 0.460. The Morgan fingerprint density at radius 1 is 1.37 bits per heavy atom. The first-order valence-electron chi connectivity index (χ1n) is 8.31. The molecule has 0 saturated heterocycles. The Balaban J connectivity index is 1.34. The number of aromatic nitrogens is 2. The summed E-state index contributed by atoms with van der Waals surface area (Å²) in [6, 6.07) is 9.04. The van der Waals surface area contributed by atoms with Gasteiger partial charge in [-0.05, 0) is 42.8 Å². The smallest absolute Gasteiger partial charge is 0.231 e. The van der Waals surface area contributed by atoms with E-state index in [9.17, 15) is 9.59 Å². The second-order valence-electron chi connectivity index (χ2n) is 6.03. The highest BCUT2D eigenvalue weighted by Crippen LogP contribution is 2.33. The van der Waals surface area contributed by atoms with Crippen LogP contribution in [0.2, 0.25) is 0 Å². The number of rotatable bonds is 7. The van der Waals surface area contributed by atoms with Crippen LogP contribution in [0.1, 0.15) is 34.5 Å². The first-order chi connectivity index (χ1) is 13.1. The van der Waals surface area contributed by atoms with Crippen molar-refractivity contribution in [1.29, 1.82) is 0 Å². The number of Topliss-reactive ketones (excluding diaryl/α,β-unsaturated/α-hetero) is 1. The molecule has 0 spiro atoms. The van der Waals surface area contributed by atoms with Crippen LogP contribution >= 0.6 is 23.1 Å². The highest BCUT2D eigenvalue weighted by Gasteiger charge is 2.27. The molecule has 0 saturated carbocycles. The molecule has 27 heavy (non-hydrogen) atoms. The van der Waals surface area contributed by atoms with Crippen LogP contribution in [0.25, 0.3) is 0 Å². The van der Waals surface area contributed by atoms with E-state index in [4.69, 9.17) is 4.42 Å². The number of thioether (sulfide) groups is 1. The molecule has 3 heterocycles. The lowest BCUT2D eigenvalue weighted by molar-refractivity contribution is -0.116. The van der Waals surface area contributed by atoms with Gasteiger partial charge in [-0.2, -0.15) is 0 Å². The SMILES string of the molecule is C[C@H]1C(=O)Nc2ccc(C(=O)CSc3nnc(NCc4ccco4)s3)cc21. The average molecular weight is 400 g/mol. The van der Waals surface area contributed by atoms with Crippen LogP contribution in [0.15, 0.2) is 45.4 Å². The van der Waals surface area contributed by atoms with E-state index in [0.29, 0.717) is 17.2 Å². The molecule has 2 N–H and O–H groups in total. The summed E-state index contributed by atoms with van der Waals surface area (Å²) in [5, 5.41) is 14.8. The van der Waals surface area contributed by atoms with Gasteiger partial charge in [0.25, 0.3) is 0 Å². The van der Waals surface area contributed by atoms with Crippen LogP contribution in [0, 0.1) is 0 Å². The summed E-state index contributed by atoms with van der Waals surface area (Å²) in [6.07, 6.45) is 1.62. The maximum atomic E-state index is 12.5. The maximum Gasteiger partial charge on any atom is 0.231 e. The standard InChI is InChI=1S/C18H16N4O3S2/c1-10-13-7-11(4-5-14(13)20-16(10)24)15(23)9-26-18-22-21-17(27-18)19-8-12-3-2-6-25-12/h2-7,10H,8-9H2,1H3,(H,19,21)(H,20,24)/t10-/m1/s1. The molecular weight excluding hydrogens is 384 g/mol. The Hall–Kier alpha value is -2.65. The molecular formula is C18H16N4O3S2. The van der Waals surface area contributed by atoms with Gasteiger partial charge in [0.2, 0.25) is 11.0 Å². The largest absolute Gasteiger partial charge is 0.467 e. The van der Waals surface area contributed by atoms with Gasteiger partial charge in [-0.3, -0.25) is 9.59 Å². The Morgan fingerprint density at radius 3 is 3.07 bits per heavy atom. The van der Waals surface area contributed by atoms with Crippen molar-refractivity contribution in [1.82, 2.24) is 10.2 Å². The summed E-state index contributed by atoms with van der Waals surface area (Å²) in [5.41, 5.74) is 2.26. The molecule has 0 fully saturated rings. The fourth-order valence-electron chi connectivity index (χ4n) is 2.72. The van der Waals surface area contributed by atoms with Crippen molar-refractivity contribution in [3.63, 3.8) is 0 Å². The van der Waals surface area contributed by atoms with Crippen molar-refractivity contribution in [2.24, 2.45) is 0 Å². The van der Waals surface area contributed by atoms with Crippen LogP contribution in [0.5, 0.6) is 0 Å². The molecule has 9 heteroatoms. The average Bonchev–Trinajstić information content (AvgIpc) is 3.40. The summed E-state index contributed by atoms with van der Waals surface area (Å²) >= 11 is 2.75. The van der Waals surface area contributed by atoms with Gasteiger partial charge in [-0.25, -0.2) is 0 Å². The minimum Gasteiger partial charge on any atom is -0.467 e. The Labute approximate surface area is 163 Å². The van der Waals surface area contributed by atoms with Gasteiger partial charge < -0.3 is 15.1 Å². The molecule has 138 valence electrons. The fraction of sp³-hybridized carbons (Fsp3) is 0.222. The first kappa shape index (κ1) is 17.7. The molecule has 0 radical (unpaired) electrons. The van der Waals surface area contributed by atoms with Crippen LogP contribution in [-0.4, -0.2) is 27.6 Å². The summed E-state index contributed by atoms with van der Waals surface area (Å²) in [5.74, 6) is 0.809. The van der Waals surface area contributed by atoms with Crippen molar-refractivity contribution in [2.75, 3.05) is 16.4 Å². The van der Waals surface area contributed by atoms with Gasteiger partial charge in [-0.1, -0.05) is 23.1 Å². The number of hydrogen-bond acceptors (Lipinski definition) is 8. The molecule has 0 unspecified atom stereocenters. The number of furan rings is 1. The monoisotopic (exact) mass is 400 g/mol. The zero-order valence-corrected chi connectivity index (χ0v) is 16.0. The molecule has 1 atom stereocenters. The fourth-order valence-corrected chi connectivity index (χ4v) is 4.36. The topological polar surface area (TPSA) is 97.1 Å². The van der Waals surface area contributed by atoms with Gasteiger partial charge in [-0.15, -0.1) is 10.2 Å². The Bertz CT molecular complexity index is 984. The second kappa shape index (κ2) is 7.53. The summed E-state index contributed by atoms with van der Waals surface area (Å²) in [6.45, 7) is 2.37. The Morgan fingerprint density at radius 2 is 2.26 bits per heavy atom. The number of ketones is 1. The van der Waals surface area contributed by atoms with E-state index >= 15 is 0 Å². The molecule has 0 aliphatic carbocycles. The van der Waals surface area contributed by atoms with E-state index < -0.39 is 0 Å². The number of amides is 1. The predicted molar refractivity (Wildman–Crippen MR) is 104 cm³/mol. The number of nitrogens with zero attached hydrogens (tertiary/aromatic N) is 2. The number of anilines is 2. The zero-order chi connectivity index (χ0) is 18.8. The van der Waals surface area contributed by atoms with Crippen molar-refractivity contribution in [3.8, 4) is 0 Å². The highest BCUT2D eigenvalue weighted by atomic mass is 32.2. The van der Waals surface area contributed by atoms with E-state index in [0.717, 1.165) is 21.4 Å². The Kier molecular flexibility index (Phi) is 4.95. The highest BCUT2D eigenvalue weighted by molar-refractivity contribution is 8.01. The maximum absolute atomic E-state index is 12.5. The van der Waals surface area contributed by atoms with Crippen LogP contribution in [0.4, 0.5) is 10.8 Å². The molecule has 4 rings (SSSR count). The molecule has 1 aliphatic heterocycles. The van der Waals surface area contributed by atoms with Gasteiger partial charge in [0.15, 0.2) is 10.1 Å². The van der Waals surface area contributed by atoms with E-state index in [2.05, 4.69) is 20.8 Å². The van der Waals surface area contributed by atoms with Crippen LogP contribution in [-0.2, 0) is 11.3 Å². The number of fused-ring (bicyclic) bond motifs is 1. The van der Waals surface area contributed by atoms with E-state index in [1.807, 2.05) is 19.1 Å². The van der Waals surface area contributed by atoms with Crippen molar-refractivity contribution < 1.29 is 14.0 Å². The third-order valence-electron chi connectivity index (χ3n) is 4.22. The molecule has 1 amide bonds. The minimum atomic E-state index is -0.230. The lowest BCUT2D eigenvalue weighted by Gasteiger charge is -2.04. The van der Waals surface area contributed by atoms with E-state index in [1.165, 1.54) is 23.1 Å². The number of carbonyl (C=O) groups is 2. The summed E-state index contributed by atoms with van der Waals surface area (Å²) in [7, 11) is 0. The summed E-state index contributed by atoms with van der Waals surface area (Å²) in [4.78, 5) is 24.2. The van der Waals surface area contributed by atoms with Gasteiger partial charge in [0.05, 0.1) is 24.5 Å². The lowest BCUT2D eigenvalue weighted by atomic mass is 9.99. The van der Waals surface area contributed by atoms with Gasteiger partial charge >= 0.3 is 0 Å². The van der Waals surface area contributed by atoms with Gasteiger partial charge in [0.1, 0.15) is 5.76 Å². The van der Waals surface area contributed by atoms with Crippen molar-refractivity contribution >= 4 is 45.6 Å². The normalized spacial score (nSPS) is 15.4. The number of hydrogen-bond donors (Lipinski definition) is 2. The third kappa shape index (κ3) is 3.88. The zero-order valence-electron chi connectivity index (χ0n) is 14.4. The van der Waals surface area contributed by atoms with Gasteiger partial charge in [0, 0.05) is 11.3 Å². The first-order valence-corrected chi connectivity index (χ1v) is 10.1. The molecule has 1 aliphatic rings. The molecule has 3 aromatic rings. The predicted octanol–water partition coefficient (Wildman–Crippen LogP) is 3.77. The molecule has 1 aromatic carbocycles. The third-order valence-corrected chi connectivity index (χ3v) is 6.23. The van der Waals surface area contributed by atoms with Crippen LogP contribution in [0.3, 0.4) is 0 Å². The number of carbonyl (C=O) groups excluding carboxylic acids is 2. The number of nitrogens with one attached hydrogen (secondary N) is 2.